The highest BCUT2D eigenvalue weighted by Crippen LogP contribution is 2.28. The van der Waals surface area contributed by atoms with E-state index in [-0.39, 0.29) is 24.1 Å². The summed E-state index contributed by atoms with van der Waals surface area (Å²) < 4.78 is 8.44. The van der Waals surface area contributed by atoms with Crippen molar-refractivity contribution < 1.29 is 19.1 Å². The van der Waals surface area contributed by atoms with Crippen molar-refractivity contribution in [2.75, 3.05) is 13.1 Å². The van der Waals surface area contributed by atoms with E-state index in [2.05, 4.69) is 5.32 Å². The van der Waals surface area contributed by atoms with Gasteiger partial charge in [0.05, 0.1) is 11.0 Å². The second-order valence-electron chi connectivity index (χ2n) is 9.29. The Kier molecular flexibility index (Phi) is 5.44. The summed E-state index contributed by atoms with van der Waals surface area (Å²) in [7, 11) is 1.68. The summed E-state index contributed by atoms with van der Waals surface area (Å²) in [6.07, 6.45) is 2.86. The highest BCUT2D eigenvalue weighted by atomic mass is 16.6. The highest BCUT2D eigenvalue weighted by Gasteiger charge is 2.31. The maximum Gasteiger partial charge on any atom is 0.410 e. The number of hydrogen-bond donors (Lipinski definition) is 1. The molecular weight excluding hydrogens is 412 g/mol. The molecule has 3 heterocycles. The van der Waals surface area contributed by atoms with Crippen molar-refractivity contribution in [2.24, 2.45) is 7.05 Å². The SMILES string of the molecule is Cn1c(=O)n([C@H]2CCC(=O)NC2=O)c2ccc(C3=CCN(C(=O)OC(C)(C)C)CC3)cc21. The molecule has 1 N–H and O–H groups in total. The summed E-state index contributed by atoms with van der Waals surface area (Å²) in [5.41, 5.74) is 2.60. The molecule has 1 atom stereocenters. The van der Waals surface area contributed by atoms with Gasteiger partial charge in [-0.05, 0) is 56.9 Å². The van der Waals surface area contributed by atoms with Crippen LogP contribution >= 0.6 is 0 Å². The van der Waals surface area contributed by atoms with Crippen LogP contribution in [0.3, 0.4) is 0 Å². The minimum absolute atomic E-state index is 0.207. The van der Waals surface area contributed by atoms with Gasteiger partial charge in [0.2, 0.25) is 11.8 Å². The number of aryl methyl sites for hydroxylation is 1. The number of hydrogen-bond acceptors (Lipinski definition) is 5. The minimum atomic E-state index is -0.703. The average Bonchev–Trinajstić information content (AvgIpc) is 2.97. The fourth-order valence-electron chi connectivity index (χ4n) is 4.22. The summed E-state index contributed by atoms with van der Waals surface area (Å²) in [5.74, 6) is -0.761. The van der Waals surface area contributed by atoms with Crippen LogP contribution in [0.2, 0.25) is 0 Å². The number of imidazole rings is 1. The lowest BCUT2D eigenvalue weighted by Gasteiger charge is -2.29. The first-order valence-electron chi connectivity index (χ1n) is 10.8. The largest absolute Gasteiger partial charge is 0.444 e. The van der Waals surface area contributed by atoms with Gasteiger partial charge in [0, 0.05) is 26.6 Å². The van der Waals surface area contributed by atoms with Gasteiger partial charge in [0.25, 0.3) is 0 Å². The van der Waals surface area contributed by atoms with Crippen molar-refractivity contribution in [3.63, 3.8) is 0 Å². The van der Waals surface area contributed by atoms with E-state index < -0.39 is 17.6 Å². The minimum Gasteiger partial charge on any atom is -0.444 e. The molecule has 9 nitrogen and oxygen atoms in total. The standard InChI is InChI=1S/C23H28N4O5/c1-23(2,3)32-22(31)26-11-9-14(10-12-26)15-5-6-16-18(13-15)25(4)21(30)27(16)17-7-8-19(28)24-20(17)29/h5-6,9,13,17H,7-8,10-12H2,1-4H3,(H,24,28,29)/t17-/m0/s1. The second kappa shape index (κ2) is 7.96. The summed E-state index contributed by atoms with van der Waals surface area (Å²) in [5, 5.41) is 2.32. The third-order valence-electron chi connectivity index (χ3n) is 5.84. The maximum atomic E-state index is 12.9. The molecule has 0 bridgehead atoms. The molecule has 0 aliphatic carbocycles. The fraction of sp³-hybridized carbons (Fsp3) is 0.478. The zero-order valence-electron chi connectivity index (χ0n) is 18.8. The Morgan fingerprint density at radius 1 is 1.12 bits per heavy atom. The third kappa shape index (κ3) is 4.06. The van der Waals surface area contributed by atoms with Gasteiger partial charge in [0.15, 0.2) is 0 Å². The number of carbonyl (C=O) groups is 3. The molecule has 4 rings (SSSR count). The van der Waals surface area contributed by atoms with Gasteiger partial charge in [0.1, 0.15) is 11.6 Å². The summed E-state index contributed by atoms with van der Waals surface area (Å²) in [6, 6.07) is 5.01. The maximum absolute atomic E-state index is 12.9. The number of benzene rings is 1. The van der Waals surface area contributed by atoms with Crippen molar-refractivity contribution in [1.82, 2.24) is 19.4 Å². The van der Waals surface area contributed by atoms with Crippen LogP contribution in [0.25, 0.3) is 16.6 Å². The Hall–Kier alpha value is -3.36. The quantitative estimate of drug-likeness (QED) is 0.722. The number of nitrogens with zero attached hydrogens (tertiary/aromatic N) is 3. The Labute approximate surface area is 185 Å². The normalized spacial score (nSPS) is 19.7. The topological polar surface area (TPSA) is 103 Å². The molecule has 1 aromatic heterocycles. The molecule has 0 unspecified atom stereocenters. The number of ether oxygens (including phenoxy) is 1. The molecule has 3 amide bonds. The van der Waals surface area contributed by atoms with Crippen LogP contribution in [0, 0.1) is 0 Å². The van der Waals surface area contributed by atoms with E-state index in [0.29, 0.717) is 37.0 Å². The van der Waals surface area contributed by atoms with Crippen LogP contribution in [-0.4, -0.2) is 50.6 Å². The molecule has 1 aromatic carbocycles. The van der Waals surface area contributed by atoms with Gasteiger partial charge in [-0.15, -0.1) is 0 Å². The van der Waals surface area contributed by atoms with Crippen LogP contribution in [0.1, 0.15) is 51.6 Å². The van der Waals surface area contributed by atoms with Crippen LogP contribution < -0.4 is 11.0 Å². The Morgan fingerprint density at radius 3 is 2.50 bits per heavy atom. The van der Waals surface area contributed by atoms with Crippen molar-refractivity contribution in [1.29, 1.82) is 0 Å². The monoisotopic (exact) mass is 440 g/mol. The zero-order valence-corrected chi connectivity index (χ0v) is 18.8. The number of rotatable bonds is 2. The number of piperidine rings is 1. The van der Waals surface area contributed by atoms with Crippen LogP contribution in [0.4, 0.5) is 4.79 Å². The number of imide groups is 1. The molecule has 2 aliphatic heterocycles. The average molecular weight is 441 g/mol. The smallest absolute Gasteiger partial charge is 0.410 e. The Morgan fingerprint density at radius 2 is 1.88 bits per heavy atom. The van der Waals surface area contributed by atoms with Gasteiger partial charge in [-0.3, -0.25) is 24.0 Å². The fourth-order valence-corrected chi connectivity index (χ4v) is 4.22. The molecule has 1 fully saturated rings. The van der Waals surface area contributed by atoms with E-state index in [4.69, 9.17) is 4.74 Å². The molecule has 1 saturated heterocycles. The Bertz CT molecular complexity index is 1200. The van der Waals surface area contributed by atoms with E-state index in [0.717, 1.165) is 11.1 Å². The van der Waals surface area contributed by atoms with E-state index in [1.165, 1.54) is 9.13 Å². The summed E-state index contributed by atoms with van der Waals surface area (Å²) in [4.78, 5) is 50.7. The molecule has 32 heavy (non-hydrogen) atoms. The van der Waals surface area contributed by atoms with Gasteiger partial charge in [-0.1, -0.05) is 12.1 Å². The number of aromatic nitrogens is 2. The number of fused-ring (bicyclic) bond motifs is 1. The van der Waals surface area contributed by atoms with Gasteiger partial charge >= 0.3 is 11.8 Å². The number of amides is 3. The first kappa shape index (κ1) is 21.9. The van der Waals surface area contributed by atoms with Gasteiger partial charge in [-0.25, -0.2) is 9.59 Å². The van der Waals surface area contributed by atoms with Crippen molar-refractivity contribution in [3.8, 4) is 0 Å². The molecule has 2 aliphatic rings. The predicted octanol–water partition coefficient (Wildman–Crippen LogP) is 2.34. The van der Waals surface area contributed by atoms with Crippen molar-refractivity contribution >= 4 is 34.5 Å². The van der Waals surface area contributed by atoms with Gasteiger partial charge < -0.3 is 9.64 Å². The lowest BCUT2D eigenvalue weighted by molar-refractivity contribution is -0.135. The molecule has 170 valence electrons. The van der Waals surface area contributed by atoms with Crippen LogP contribution in [0.15, 0.2) is 29.1 Å². The van der Waals surface area contributed by atoms with E-state index >= 15 is 0 Å². The summed E-state index contributed by atoms with van der Waals surface area (Å²) in [6.45, 7) is 6.54. The summed E-state index contributed by atoms with van der Waals surface area (Å²) >= 11 is 0. The highest BCUT2D eigenvalue weighted by molar-refractivity contribution is 6.00. The molecular formula is C23H28N4O5. The van der Waals surface area contributed by atoms with Crippen molar-refractivity contribution in [3.05, 3.63) is 40.3 Å². The van der Waals surface area contributed by atoms with E-state index in [1.807, 2.05) is 45.0 Å². The first-order chi connectivity index (χ1) is 15.0. The van der Waals surface area contributed by atoms with Crippen LogP contribution in [-0.2, 0) is 21.4 Å². The Balaban J connectivity index is 1.61. The zero-order chi connectivity index (χ0) is 23.2. The molecule has 0 spiro atoms. The lowest BCUT2D eigenvalue weighted by Crippen LogP contribution is -2.44. The van der Waals surface area contributed by atoms with Crippen LogP contribution in [0.5, 0.6) is 0 Å². The first-order valence-corrected chi connectivity index (χ1v) is 10.8. The lowest BCUT2D eigenvalue weighted by atomic mass is 9.99. The van der Waals surface area contributed by atoms with Gasteiger partial charge in [-0.2, -0.15) is 0 Å². The predicted molar refractivity (Wildman–Crippen MR) is 119 cm³/mol. The molecule has 0 saturated carbocycles. The number of carbonyl (C=O) groups excluding carboxylic acids is 3. The molecule has 9 heteroatoms. The van der Waals surface area contributed by atoms with E-state index in [1.54, 1.807) is 11.9 Å². The second-order valence-corrected chi connectivity index (χ2v) is 9.29. The third-order valence-corrected chi connectivity index (χ3v) is 5.84. The van der Waals surface area contributed by atoms with Crippen molar-refractivity contribution in [2.45, 2.75) is 51.7 Å². The molecule has 0 radical (unpaired) electrons. The molecule has 2 aromatic rings. The number of nitrogens with one attached hydrogen (secondary N) is 1. The van der Waals surface area contributed by atoms with E-state index in [9.17, 15) is 19.2 Å².